The Balaban J connectivity index is 2.75. The molecule has 0 radical (unpaired) electrons. The lowest BCUT2D eigenvalue weighted by Crippen LogP contribution is -2.36. The van der Waals surface area contributed by atoms with Crippen molar-refractivity contribution < 1.29 is 14.6 Å². The van der Waals surface area contributed by atoms with Crippen LogP contribution in [-0.4, -0.2) is 49.8 Å². The molecule has 1 aliphatic heterocycles. The van der Waals surface area contributed by atoms with Crippen molar-refractivity contribution in [1.29, 1.82) is 0 Å². The summed E-state index contributed by atoms with van der Waals surface area (Å²) in [6.07, 6.45) is 1.82. The lowest BCUT2D eigenvalue weighted by atomic mass is 9.96. The van der Waals surface area contributed by atoms with Crippen LogP contribution in [0.4, 0.5) is 0 Å². The first-order chi connectivity index (χ1) is 6.19. The van der Waals surface area contributed by atoms with E-state index < -0.39 is 0 Å². The van der Waals surface area contributed by atoms with Crippen LogP contribution in [0.1, 0.15) is 0 Å². The number of hydrogen-bond acceptors (Lipinski definition) is 4. The van der Waals surface area contributed by atoms with E-state index in [1.807, 2.05) is 18.0 Å². The Morgan fingerprint density at radius 3 is 3.08 bits per heavy atom. The van der Waals surface area contributed by atoms with E-state index >= 15 is 0 Å². The molecule has 0 fully saturated rings. The monoisotopic (exact) mass is 185 g/mol. The summed E-state index contributed by atoms with van der Waals surface area (Å²) in [4.78, 5) is 13.3. The Morgan fingerprint density at radius 2 is 2.54 bits per heavy atom. The molecule has 1 rings (SSSR count). The maximum atomic E-state index is 11.2. The zero-order valence-electron chi connectivity index (χ0n) is 7.99. The first-order valence-electron chi connectivity index (χ1n) is 4.26. The Kier molecular flexibility index (Phi) is 3.45. The summed E-state index contributed by atoms with van der Waals surface area (Å²) >= 11 is 0. The second kappa shape index (κ2) is 4.39. The van der Waals surface area contributed by atoms with Crippen molar-refractivity contribution in [1.82, 2.24) is 4.90 Å². The summed E-state index contributed by atoms with van der Waals surface area (Å²) in [5.74, 6) is -0.432. The van der Waals surface area contributed by atoms with Crippen molar-refractivity contribution in [3.8, 4) is 0 Å². The van der Waals surface area contributed by atoms with Crippen molar-refractivity contribution in [3.63, 3.8) is 0 Å². The molecule has 0 saturated heterocycles. The predicted octanol–water partition coefficient (Wildman–Crippen LogP) is -0.360. The molecule has 0 spiro atoms. The van der Waals surface area contributed by atoms with E-state index in [2.05, 4.69) is 4.74 Å². The van der Waals surface area contributed by atoms with Gasteiger partial charge < -0.3 is 14.7 Å². The van der Waals surface area contributed by atoms with E-state index in [4.69, 9.17) is 5.11 Å². The van der Waals surface area contributed by atoms with Crippen LogP contribution in [0.25, 0.3) is 0 Å². The number of hydrogen-bond donors (Lipinski definition) is 1. The number of nitrogens with zero attached hydrogens (tertiary/aromatic N) is 1. The minimum absolute atomic E-state index is 0.00866. The average Bonchev–Trinajstić information content (AvgIpc) is 2.16. The molecule has 0 aromatic rings. The van der Waals surface area contributed by atoms with Crippen LogP contribution in [0.5, 0.6) is 0 Å². The number of carbonyl (C=O) groups is 1. The van der Waals surface area contributed by atoms with Crippen LogP contribution >= 0.6 is 0 Å². The van der Waals surface area contributed by atoms with E-state index in [0.29, 0.717) is 12.1 Å². The molecule has 0 amide bonds. The van der Waals surface area contributed by atoms with Crippen molar-refractivity contribution in [3.05, 3.63) is 11.6 Å². The largest absolute Gasteiger partial charge is 0.466 e. The zero-order chi connectivity index (χ0) is 9.84. The number of esters is 1. The van der Waals surface area contributed by atoms with Gasteiger partial charge in [-0.1, -0.05) is 6.08 Å². The molecule has 0 saturated carbocycles. The quantitative estimate of drug-likeness (QED) is 0.597. The van der Waals surface area contributed by atoms with Crippen molar-refractivity contribution in [2.45, 2.75) is 0 Å². The standard InChI is InChI=1S/C9H15NO3/c1-10-4-3-8(9(12)13-2)7(5-10)6-11/h3,7,11H,4-6H2,1-2H3. The van der Waals surface area contributed by atoms with E-state index in [1.54, 1.807) is 0 Å². The number of aliphatic hydroxyl groups excluding tert-OH is 1. The van der Waals surface area contributed by atoms with Crippen LogP contribution in [0.15, 0.2) is 11.6 Å². The van der Waals surface area contributed by atoms with Gasteiger partial charge in [-0.15, -0.1) is 0 Å². The Labute approximate surface area is 77.8 Å². The first-order valence-corrected chi connectivity index (χ1v) is 4.26. The summed E-state index contributed by atoms with van der Waals surface area (Å²) in [5, 5.41) is 9.05. The minimum Gasteiger partial charge on any atom is -0.466 e. The lowest BCUT2D eigenvalue weighted by Gasteiger charge is -2.27. The smallest absolute Gasteiger partial charge is 0.333 e. The van der Waals surface area contributed by atoms with E-state index in [-0.39, 0.29) is 18.5 Å². The van der Waals surface area contributed by atoms with Gasteiger partial charge in [-0.25, -0.2) is 4.79 Å². The van der Waals surface area contributed by atoms with Crippen LogP contribution in [0.2, 0.25) is 0 Å². The first kappa shape index (κ1) is 10.2. The second-order valence-electron chi connectivity index (χ2n) is 3.25. The highest BCUT2D eigenvalue weighted by Gasteiger charge is 2.25. The number of methoxy groups -OCH3 is 1. The van der Waals surface area contributed by atoms with Crippen molar-refractivity contribution in [2.75, 3.05) is 33.9 Å². The molecule has 1 atom stereocenters. The van der Waals surface area contributed by atoms with Gasteiger partial charge in [0.2, 0.25) is 0 Å². The third kappa shape index (κ3) is 2.29. The highest BCUT2D eigenvalue weighted by atomic mass is 16.5. The summed E-state index contributed by atoms with van der Waals surface area (Å²) in [6, 6.07) is 0. The number of rotatable bonds is 2. The van der Waals surface area contributed by atoms with Crippen LogP contribution in [0, 0.1) is 5.92 Å². The number of likely N-dealkylation sites (N-methyl/N-ethyl adjacent to an activating group) is 1. The van der Waals surface area contributed by atoms with Gasteiger partial charge in [-0.05, 0) is 7.05 Å². The van der Waals surface area contributed by atoms with Crippen LogP contribution < -0.4 is 0 Å². The molecular formula is C9H15NO3. The molecule has 1 heterocycles. The zero-order valence-corrected chi connectivity index (χ0v) is 7.99. The van der Waals surface area contributed by atoms with Crippen molar-refractivity contribution >= 4 is 5.97 Å². The minimum atomic E-state index is -0.327. The molecule has 0 bridgehead atoms. The fraction of sp³-hybridized carbons (Fsp3) is 0.667. The Hall–Kier alpha value is -0.870. The molecule has 1 N–H and O–H groups in total. The molecule has 1 unspecified atom stereocenters. The van der Waals surface area contributed by atoms with Gasteiger partial charge in [0.05, 0.1) is 13.7 Å². The third-order valence-corrected chi connectivity index (χ3v) is 2.24. The number of aliphatic hydroxyl groups is 1. The fourth-order valence-electron chi connectivity index (χ4n) is 1.49. The topological polar surface area (TPSA) is 49.8 Å². The summed E-state index contributed by atoms with van der Waals surface area (Å²) in [5.41, 5.74) is 0.600. The molecule has 1 aliphatic rings. The summed E-state index contributed by atoms with van der Waals surface area (Å²) < 4.78 is 4.62. The fourth-order valence-corrected chi connectivity index (χ4v) is 1.49. The van der Waals surface area contributed by atoms with Crippen molar-refractivity contribution in [2.24, 2.45) is 5.92 Å². The van der Waals surface area contributed by atoms with Gasteiger partial charge in [0, 0.05) is 24.6 Å². The van der Waals surface area contributed by atoms with Gasteiger partial charge in [-0.2, -0.15) is 0 Å². The molecular weight excluding hydrogens is 170 g/mol. The second-order valence-corrected chi connectivity index (χ2v) is 3.25. The Bertz CT molecular complexity index is 225. The molecule has 0 aromatic heterocycles. The molecule has 4 heteroatoms. The highest BCUT2D eigenvalue weighted by molar-refractivity contribution is 5.89. The highest BCUT2D eigenvalue weighted by Crippen LogP contribution is 2.17. The lowest BCUT2D eigenvalue weighted by molar-refractivity contribution is -0.137. The average molecular weight is 185 g/mol. The van der Waals surface area contributed by atoms with Crippen LogP contribution in [0.3, 0.4) is 0 Å². The molecule has 13 heavy (non-hydrogen) atoms. The van der Waals surface area contributed by atoms with Gasteiger partial charge in [0.25, 0.3) is 0 Å². The van der Waals surface area contributed by atoms with E-state index in [1.165, 1.54) is 7.11 Å². The predicted molar refractivity (Wildman–Crippen MR) is 48.2 cm³/mol. The molecule has 4 nitrogen and oxygen atoms in total. The maximum Gasteiger partial charge on any atom is 0.333 e. The molecule has 0 aromatic carbocycles. The summed E-state index contributed by atoms with van der Waals surface area (Å²) in [7, 11) is 3.31. The van der Waals surface area contributed by atoms with E-state index in [9.17, 15) is 4.79 Å². The summed E-state index contributed by atoms with van der Waals surface area (Å²) in [6.45, 7) is 1.43. The Morgan fingerprint density at radius 1 is 1.85 bits per heavy atom. The SMILES string of the molecule is COC(=O)C1=CCN(C)CC1CO. The van der Waals surface area contributed by atoms with Gasteiger partial charge in [0.1, 0.15) is 0 Å². The van der Waals surface area contributed by atoms with Gasteiger partial charge in [0.15, 0.2) is 0 Å². The maximum absolute atomic E-state index is 11.2. The van der Waals surface area contributed by atoms with E-state index in [0.717, 1.165) is 6.54 Å². The molecule has 0 aliphatic carbocycles. The van der Waals surface area contributed by atoms with Gasteiger partial charge >= 0.3 is 5.97 Å². The number of ether oxygens (including phenoxy) is 1. The third-order valence-electron chi connectivity index (χ3n) is 2.24. The molecule has 74 valence electrons. The van der Waals surface area contributed by atoms with Gasteiger partial charge in [-0.3, -0.25) is 0 Å². The normalized spacial score (nSPS) is 23.9. The van der Waals surface area contributed by atoms with Crippen LogP contribution in [-0.2, 0) is 9.53 Å². The number of carbonyl (C=O) groups excluding carboxylic acids is 1.